The molecular weight excluding hydrogens is 417 g/mol. The number of hydrogen-bond acceptors (Lipinski definition) is 6. The van der Waals surface area contributed by atoms with Gasteiger partial charge in [-0.2, -0.15) is 8.78 Å². The van der Waals surface area contributed by atoms with Gasteiger partial charge in [-0.05, 0) is 30.3 Å². The molecule has 0 saturated heterocycles. The van der Waals surface area contributed by atoms with Gasteiger partial charge in [0.15, 0.2) is 17.2 Å². The highest BCUT2D eigenvalue weighted by molar-refractivity contribution is 6.13. The lowest BCUT2D eigenvalue weighted by Gasteiger charge is -2.10. The number of halogens is 5. The molecule has 0 aromatic heterocycles. The van der Waals surface area contributed by atoms with Crippen molar-refractivity contribution in [3.63, 3.8) is 0 Å². The summed E-state index contributed by atoms with van der Waals surface area (Å²) in [6, 6.07) is 8.90. The summed E-state index contributed by atoms with van der Waals surface area (Å²) in [6.07, 6.45) is -3.85. The molecule has 0 radical (unpaired) electrons. The Balaban J connectivity index is 1.93. The number of hydrogen-bond donors (Lipinski definition) is 0. The van der Waals surface area contributed by atoms with Crippen molar-refractivity contribution in [2.45, 2.75) is 13.0 Å². The fraction of sp³-hybridized carbons (Fsp3) is 0.158. The zero-order valence-electron chi connectivity index (χ0n) is 15.1. The number of benzene rings is 2. The normalized spacial score (nSPS) is 15.2. The largest absolute Gasteiger partial charge is 0.573 e. The maximum Gasteiger partial charge on any atom is 0.573 e. The van der Waals surface area contributed by atoms with E-state index in [0.717, 1.165) is 12.1 Å². The van der Waals surface area contributed by atoms with Crippen molar-refractivity contribution in [3.05, 3.63) is 59.3 Å². The summed E-state index contributed by atoms with van der Waals surface area (Å²) in [5.41, 5.74) is -0.134. The van der Waals surface area contributed by atoms with Crippen molar-refractivity contribution >= 4 is 17.9 Å². The minimum absolute atomic E-state index is 0.0509. The molecule has 158 valence electrons. The Morgan fingerprint density at radius 1 is 1.07 bits per heavy atom. The van der Waals surface area contributed by atoms with E-state index in [4.69, 9.17) is 9.47 Å². The molecule has 2 aromatic rings. The van der Waals surface area contributed by atoms with Crippen molar-refractivity contribution in [3.8, 4) is 17.2 Å². The highest BCUT2D eigenvalue weighted by atomic mass is 19.4. The van der Waals surface area contributed by atoms with Crippen LogP contribution in [-0.2, 0) is 9.53 Å². The first kappa shape index (κ1) is 21.1. The van der Waals surface area contributed by atoms with Crippen molar-refractivity contribution in [1.29, 1.82) is 0 Å². The fourth-order valence-corrected chi connectivity index (χ4v) is 2.49. The second kappa shape index (κ2) is 8.39. The Morgan fingerprint density at radius 3 is 2.47 bits per heavy atom. The fourth-order valence-electron chi connectivity index (χ4n) is 2.49. The van der Waals surface area contributed by atoms with Gasteiger partial charge in [0.2, 0.25) is 5.90 Å². The molecule has 0 amide bonds. The average molecular weight is 429 g/mol. The van der Waals surface area contributed by atoms with Crippen LogP contribution in [0, 0.1) is 0 Å². The van der Waals surface area contributed by atoms with Gasteiger partial charge in [0.25, 0.3) is 0 Å². The number of carbonyl (C=O) groups excluding carboxylic acids is 1. The van der Waals surface area contributed by atoms with Crippen LogP contribution >= 0.6 is 0 Å². The standard InChI is InChI=1S/C19H12F5NO5/c1-27-15-9-11(6-7-14(15)28-18(20)21)16-25-12(17(26)29-16)8-10-4-2-3-5-13(10)30-19(22,23)24/h2-9,18H,1H3/b12-8-. The average Bonchev–Trinajstić information content (AvgIpc) is 3.02. The van der Waals surface area contributed by atoms with E-state index in [1.165, 1.54) is 43.5 Å². The molecule has 0 saturated carbocycles. The molecule has 0 unspecified atom stereocenters. The number of para-hydroxylation sites is 1. The summed E-state index contributed by atoms with van der Waals surface area (Å²) in [6.45, 7) is -3.07. The first-order valence-electron chi connectivity index (χ1n) is 8.17. The molecule has 0 N–H and O–H groups in total. The topological polar surface area (TPSA) is 66.4 Å². The third kappa shape index (κ3) is 5.04. The summed E-state index contributed by atoms with van der Waals surface area (Å²) >= 11 is 0. The van der Waals surface area contributed by atoms with Gasteiger partial charge in [-0.25, -0.2) is 9.79 Å². The van der Waals surface area contributed by atoms with Crippen LogP contribution in [0.4, 0.5) is 22.0 Å². The third-order valence-electron chi connectivity index (χ3n) is 3.68. The van der Waals surface area contributed by atoms with Crippen molar-refractivity contribution < 1.29 is 45.7 Å². The van der Waals surface area contributed by atoms with E-state index in [0.29, 0.717) is 0 Å². The van der Waals surface area contributed by atoms with E-state index >= 15 is 0 Å². The van der Waals surface area contributed by atoms with Crippen LogP contribution in [0.5, 0.6) is 17.2 Å². The lowest BCUT2D eigenvalue weighted by molar-refractivity contribution is -0.274. The maximum absolute atomic E-state index is 12.5. The number of alkyl halides is 5. The van der Waals surface area contributed by atoms with Crippen molar-refractivity contribution in [2.75, 3.05) is 7.11 Å². The second-order valence-electron chi connectivity index (χ2n) is 5.67. The van der Waals surface area contributed by atoms with E-state index in [-0.39, 0.29) is 34.2 Å². The number of rotatable bonds is 6. The number of carbonyl (C=O) groups is 1. The third-order valence-corrected chi connectivity index (χ3v) is 3.68. The predicted molar refractivity (Wildman–Crippen MR) is 93.4 cm³/mol. The highest BCUT2D eigenvalue weighted by Crippen LogP contribution is 2.32. The molecule has 0 fully saturated rings. The van der Waals surface area contributed by atoms with Crippen LogP contribution in [0.25, 0.3) is 6.08 Å². The van der Waals surface area contributed by atoms with Crippen LogP contribution in [0.15, 0.2) is 53.2 Å². The van der Waals surface area contributed by atoms with Gasteiger partial charge in [-0.3, -0.25) is 0 Å². The minimum atomic E-state index is -4.92. The van der Waals surface area contributed by atoms with Gasteiger partial charge >= 0.3 is 18.9 Å². The molecule has 11 heteroatoms. The zero-order valence-corrected chi connectivity index (χ0v) is 15.1. The quantitative estimate of drug-likeness (QED) is 0.383. The molecule has 6 nitrogen and oxygen atoms in total. The van der Waals surface area contributed by atoms with Gasteiger partial charge in [0.05, 0.1) is 7.11 Å². The van der Waals surface area contributed by atoms with Gasteiger partial charge in [-0.15, -0.1) is 13.2 Å². The van der Waals surface area contributed by atoms with Crippen LogP contribution in [-0.4, -0.2) is 32.0 Å². The van der Waals surface area contributed by atoms with Gasteiger partial charge in [-0.1, -0.05) is 18.2 Å². The monoisotopic (exact) mass is 429 g/mol. The molecular formula is C19H12F5NO5. The first-order chi connectivity index (χ1) is 14.2. The Bertz CT molecular complexity index is 1020. The van der Waals surface area contributed by atoms with Crippen molar-refractivity contribution in [1.82, 2.24) is 0 Å². The van der Waals surface area contributed by atoms with Crippen LogP contribution < -0.4 is 14.2 Å². The molecule has 3 rings (SSSR count). The van der Waals surface area contributed by atoms with E-state index in [1.54, 1.807) is 0 Å². The maximum atomic E-state index is 12.5. The minimum Gasteiger partial charge on any atom is -0.493 e. The highest BCUT2D eigenvalue weighted by Gasteiger charge is 2.32. The van der Waals surface area contributed by atoms with Gasteiger partial charge < -0.3 is 18.9 Å². The molecule has 0 atom stereocenters. The molecule has 1 heterocycles. The SMILES string of the molecule is COc1cc(C2=N/C(=C\c3ccccc3OC(F)(F)F)C(=O)O2)ccc1OC(F)F. The Labute approximate surface area is 166 Å². The molecule has 0 spiro atoms. The summed E-state index contributed by atoms with van der Waals surface area (Å²) < 4.78 is 80.7. The molecule has 30 heavy (non-hydrogen) atoms. The van der Waals surface area contributed by atoms with Crippen LogP contribution in [0.2, 0.25) is 0 Å². The van der Waals surface area contributed by atoms with Crippen LogP contribution in [0.3, 0.4) is 0 Å². The lowest BCUT2D eigenvalue weighted by atomic mass is 10.1. The molecule has 0 aliphatic carbocycles. The lowest BCUT2D eigenvalue weighted by Crippen LogP contribution is -2.17. The van der Waals surface area contributed by atoms with Gasteiger partial charge in [0, 0.05) is 11.1 Å². The Hall–Kier alpha value is -3.63. The first-order valence-corrected chi connectivity index (χ1v) is 8.17. The van der Waals surface area contributed by atoms with E-state index < -0.39 is 24.7 Å². The molecule has 1 aliphatic rings. The van der Waals surface area contributed by atoms with Crippen LogP contribution in [0.1, 0.15) is 11.1 Å². The molecule has 1 aliphatic heterocycles. The number of esters is 1. The predicted octanol–water partition coefficient (Wildman–Crippen LogP) is 4.54. The second-order valence-corrected chi connectivity index (χ2v) is 5.67. The van der Waals surface area contributed by atoms with E-state index in [9.17, 15) is 26.7 Å². The Kier molecular flexibility index (Phi) is 5.90. The van der Waals surface area contributed by atoms with Crippen molar-refractivity contribution in [2.24, 2.45) is 4.99 Å². The number of methoxy groups -OCH3 is 1. The summed E-state index contributed by atoms with van der Waals surface area (Å²) in [4.78, 5) is 16.1. The Morgan fingerprint density at radius 2 is 1.80 bits per heavy atom. The summed E-state index contributed by atoms with van der Waals surface area (Å²) in [7, 11) is 1.23. The van der Waals surface area contributed by atoms with E-state index in [2.05, 4.69) is 14.5 Å². The number of ether oxygens (including phenoxy) is 4. The number of cyclic esters (lactones) is 1. The van der Waals surface area contributed by atoms with E-state index in [1.807, 2.05) is 0 Å². The number of aliphatic imine (C=N–C) groups is 1. The molecule has 2 aromatic carbocycles. The summed E-state index contributed by atoms with van der Waals surface area (Å²) in [5, 5.41) is 0. The summed E-state index contributed by atoms with van der Waals surface area (Å²) in [5.74, 6) is -1.94. The van der Waals surface area contributed by atoms with Gasteiger partial charge in [0.1, 0.15) is 5.75 Å². The number of nitrogens with zero attached hydrogens (tertiary/aromatic N) is 1. The smallest absolute Gasteiger partial charge is 0.493 e. The molecule has 0 bridgehead atoms. The zero-order chi connectivity index (χ0) is 21.9.